The lowest BCUT2D eigenvalue weighted by molar-refractivity contribution is -0.161. The molecule has 0 aliphatic rings. The number of aliphatic hydroxyl groups excluding tert-OH is 1. The van der Waals surface area contributed by atoms with E-state index in [1.54, 1.807) is 0 Å². The second-order valence-corrected chi connectivity index (χ2v) is 14.0. The summed E-state index contributed by atoms with van der Waals surface area (Å²) in [5.41, 5.74) is 5.33. The summed E-state index contributed by atoms with van der Waals surface area (Å²) in [4.78, 5) is 22.9. The summed E-state index contributed by atoms with van der Waals surface area (Å²) in [6, 6.07) is -1.13. The zero-order valence-corrected chi connectivity index (χ0v) is 30.3. The molecule has 5 nitrogen and oxygen atoms in total. The van der Waals surface area contributed by atoms with E-state index >= 15 is 0 Å². The molecule has 0 amide bonds. The number of rotatable bonds is 37. The van der Waals surface area contributed by atoms with Crippen LogP contribution in [-0.2, 0) is 14.3 Å². The molecule has 0 rings (SSSR count). The van der Waals surface area contributed by atoms with Crippen LogP contribution < -0.4 is 5.73 Å². The Kier molecular flexibility index (Phi) is 36.7. The van der Waals surface area contributed by atoms with Crippen molar-refractivity contribution in [2.45, 2.75) is 238 Å². The van der Waals surface area contributed by atoms with Crippen molar-refractivity contribution in [1.29, 1.82) is 0 Å². The fraction of sp³-hybridized carbons (Fsp3) is 0.950. The van der Waals surface area contributed by atoms with E-state index in [2.05, 4.69) is 11.7 Å². The topological polar surface area (TPSA) is 89.6 Å². The van der Waals surface area contributed by atoms with Crippen LogP contribution in [0.2, 0.25) is 0 Å². The van der Waals surface area contributed by atoms with E-state index in [1.807, 2.05) is 0 Å². The van der Waals surface area contributed by atoms with Gasteiger partial charge in [-0.2, -0.15) is 0 Å². The first-order valence-electron chi connectivity index (χ1n) is 20.2. The number of esters is 2. The minimum Gasteiger partial charge on any atom is -0.394 e. The molecule has 0 saturated carbocycles. The standard InChI is InChI=1S/C40H79NO4/c1-2-3-4-5-6-7-8-9-10-11-12-13-14-15-16-17-18-19-20-21-22-23-24-25-26-27-28-29-30-31-32-33-34-35-36-39(43)45-40(44)38(41)37-42/h38,42H,2-37,41H2,1H3/t38-/m0/s1. The third-order valence-corrected chi connectivity index (χ3v) is 9.45. The van der Waals surface area contributed by atoms with Crippen LogP contribution in [0.1, 0.15) is 232 Å². The zero-order chi connectivity index (χ0) is 32.9. The minimum absolute atomic E-state index is 0.240. The number of hydrogen-bond acceptors (Lipinski definition) is 5. The van der Waals surface area contributed by atoms with Gasteiger partial charge in [-0.1, -0.05) is 219 Å². The normalized spacial score (nSPS) is 12.1. The van der Waals surface area contributed by atoms with Crippen molar-refractivity contribution in [3.8, 4) is 0 Å². The van der Waals surface area contributed by atoms with Gasteiger partial charge in [0.15, 0.2) is 0 Å². The van der Waals surface area contributed by atoms with Crippen LogP contribution in [0.25, 0.3) is 0 Å². The van der Waals surface area contributed by atoms with E-state index in [-0.39, 0.29) is 6.42 Å². The number of carbonyl (C=O) groups is 2. The van der Waals surface area contributed by atoms with Gasteiger partial charge in [-0.15, -0.1) is 0 Å². The number of carbonyl (C=O) groups excluding carboxylic acids is 2. The van der Waals surface area contributed by atoms with Crippen molar-refractivity contribution in [1.82, 2.24) is 0 Å². The van der Waals surface area contributed by atoms with Gasteiger partial charge in [0.1, 0.15) is 6.04 Å². The summed E-state index contributed by atoms with van der Waals surface area (Å²) in [7, 11) is 0. The molecule has 3 N–H and O–H groups in total. The molecule has 268 valence electrons. The minimum atomic E-state index is -1.13. The van der Waals surface area contributed by atoms with Gasteiger partial charge in [-0.05, 0) is 6.42 Å². The van der Waals surface area contributed by atoms with Gasteiger partial charge in [0, 0.05) is 6.42 Å². The number of nitrogens with two attached hydrogens (primary N) is 1. The average Bonchev–Trinajstić information content (AvgIpc) is 3.04. The summed E-state index contributed by atoms with van der Waals surface area (Å²) in [5.74, 6) is -1.39. The van der Waals surface area contributed by atoms with Crippen LogP contribution in [-0.4, -0.2) is 29.7 Å². The van der Waals surface area contributed by atoms with Crippen LogP contribution in [0.4, 0.5) is 0 Å². The molecular formula is C40H79NO4. The first kappa shape index (κ1) is 44.1. The SMILES string of the molecule is CCCCCCCCCCCCCCCCCCCCCCCCCCCCCCCCCCCCC(=O)OC(=O)[C@@H](N)CO. The lowest BCUT2D eigenvalue weighted by Gasteiger charge is -2.07. The lowest BCUT2D eigenvalue weighted by atomic mass is 10.0. The van der Waals surface area contributed by atoms with E-state index in [9.17, 15) is 9.59 Å². The molecule has 0 saturated heterocycles. The molecule has 0 unspecified atom stereocenters. The second kappa shape index (κ2) is 37.5. The van der Waals surface area contributed by atoms with E-state index in [4.69, 9.17) is 10.8 Å². The highest BCUT2D eigenvalue weighted by atomic mass is 16.6. The number of aliphatic hydroxyl groups is 1. The highest BCUT2D eigenvalue weighted by Crippen LogP contribution is 2.17. The molecule has 0 spiro atoms. The van der Waals surface area contributed by atoms with Gasteiger partial charge in [-0.3, -0.25) is 4.79 Å². The van der Waals surface area contributed by atoms with Crippen molar-refractivity contribution >= 4 is 11.9 Å². The number of hydrogen-bond donors (Lipinski definition) is 2. The Labute approximate surface area is 281 Å². The summed E-state index contributed by atoms with van der Waals surface area (Å²) >= 11 is 0. The summed E-state index contributed by atoms with van der Waals surface area (Å²) in [5, 5.41) is 8.78. The average molecular weight is 638 g/mol. The second-order valence-electron chi connectivity index (χ2n) is 14.0. The molecule has 0 aliphatic heterocycles. The zero-order valence-electron chi connectivity index (χ0n) is 30.3. The maximum Gasteiger partial charge on any atom is 0.332 e. The maximum atomic E-state index is 11.6. The predicted molar refractivity (Wildman–Crippen MR) is 193 cm³/mol. The van der Waals surface area contributed by atoms with Crippen molar-refractivity contribution in [3.05, 3.63) is 0 Å². The molecule has 45 heavy (non-hydrogen) atoms. The van der Waals surface area contributed by atoms with Gasteiger partial charge in [0.05, 0.1) is 6.61 Å². The largest absolute Gasteiger partial charge is 0.394 e. The molecular weight excluding hydrogens is 558 g/mol. The van der Waals surface area contributed by atoms with Crippen molar-refractivity contribution < 1.29 is 19.4 Å². The van der Waals surface area contributed by atoms with Gasteiger partial charge in [0.25, 0.3) is 0 Å². The molecule has 0 heterocycles. The van der Waals surface area contributed by atoms with Crippen LogP contribution in [0.3, 0.4) is 0 Å². The Morgan fingerprint density at radius 2 is 0.667 bits per heavy atom. The highest BCUT2D eigenvalue weighted by Gasteiger charge is 2.17. The van der Waals surface area contributed by atoms with Gasteiger partial charge in [-0.25, -0.2) is 4.79 Å². The maximum absolute atomic E-state index is 11.6. The fourth-order valence-corrected chi connectivity index (χ4v) is 6.31. The lowest BCUT2D eigenvalue weighted by Crippen LogP contribution is -2.36. The van der Waals surface area contributed by atoms with Crippen molar-refractivity contribution in [3.63, 3.8) is 0 Å². The molecule has 0 bridgehead atoms. The molecule has 0 aromatic heterocycles. The molecule has 1 atom stereocenters. The van der Waals surface area contributed by atoms with Crippen molar-refractivity contribution in [2.75, 3.05) is 6.61 Å². The third-order valence-electron chi connectivity index (χ3n) is 9.45. The van der Waals surface area contributed by atoms with Crippen LogP contribution >= 0.6 is 0 Å². The quantitative estimate of drug-likeness (QED) is 0.0402. The number of ether oxygens (including phenoxy) is 1. The Hall–Kier alpha value is -0.940. The molecule has 0 aliphatic carbocycles. The number of unbranched alkanes of at least 4 members (excludes halogenated alkanes) is 33. The Morgan fingerprint density at radius 3 is 0.889 bits per heavy atom. The van der Waals surface area contributed by atoms with E-state index < -0.39 is 24.6 Å². The first-order chi connectivity index (χ1) is 22.1. The summed E-state index contributed by atoms with van der Waals surface area (Å²) in [6.45, 7) is 1.79. The molecule has 5 heteroatoms. The summed E-state index contributed by atoms with van der Waals surface area (Å²) in [6.07, 6.45) is 47.3. The monoisotopic (exact) mass is 638 g/mol. The molecule has 0 aromatic carbocycles. The first-order valence-corrected chi connectivity index (χ1v) is 20.2. The summed E-state index contributed by atoms with van der Waals surface area (Å²) < 4.78 is 4.61. The van der Waals surface area contributed by atoms with Gasteiger partial charge < -0.3 is 15.6 Å². The van der Waals surface area contributed by atoms with E-state index in [0.717, 1.165) is 19.3 Å². The fourth-order valence-electron chi connectivity index (χ4n) is 6.31. The Bertz CT molecular complexity index is 611. The molecule has 0 radical (unpaired) electrons. The third kappa shape index (κ3) is 35.8. The van der Waals surface area contributed by atoms with Crippen molar-refractivity contribution in [2.24, 2.45) is 5.73 Å². The van der Waals surface area contributed by atoms with E-state index in [1.165, 1.54) is 199 Å². The van der Waals surface area contributed by atoms with Gasteiger partial charge in [0.2, 0.25) is 0 Å². The Balaban J connectivity index is 3.13. The molecule has 0 fully saturated rings. The van der Waals surface area contributed by atoms with Crippen LogP contribution in [0, 0.1) is 0 Å². The van der Waals surface area contributed by atoms with E-state index in [0.29, 0.717) is 0 Å². The van der Waals surface area contributed by atoms with Gasteiger partial charge >= 0.3 is 11.9 Å². The van der Waals surface area contributed by atoms with Crippen LogP contribution in [0.5, 0.6) is 0 Å². The van der Waals surface area contributed by atoms with Crippen LogP contribution in [0.15, 0.2) is 0 Å². The smallest absolute Gasteiger partial charge is 0.332 e. The Morgan fingerprint density at radius 1 is 0.444 bits per heavy atom. The predicted octanol–water partition coefficient (Wildman–Crippen LogP) is 12.0. The molecule has 0 aromatic rings. The highest BCUT2D eigenvalue weighted by molar-refractivity contribution is 5.88.